The first-order valence-corrected chi connectivity index (χ1v) is 14.2. The van der Waals surface area contributed by atoms with E-state index in [2.05, 4.69) is 137 Å². The summed E-state index contributed by atoms with van der Waals surface area (Å²) in [6, 6.07) is 40.4. The summed E-state index contributed by atoms with van der Waals surface area (Å²) in [6.45, 7) is 9.48. The van der Waals surface area contributed by atoms with Crippen molar-refractivity contribution in [3.8, 4) is 44.6 Å². The molecule has 192 valence electrons. The minimum Gasteiger partial charge on any atom is -0.256 e. The number of hydrogen-bond acceptors (Lipinski definition) is 1. The number of rotatable bonds is 2. The summed E-state index contributed by atoms with van der Waals surface area (Å²) in [6.07, 6.45) is 1.95. The lowest BCUT2D eigenvalue weighted by atomic mass is 9.79. The van der Waals surface area contributed by atoms with Gasteiger partial charge in [0.25, 0.3) is 0 Å². The predicted octanol–water partition coefficient (Wildman–Crippen LogP) is 10.2. The number of fused-ring (bicyclic) bond motifs is 7. The van der Waals surface area contributed by atoms with Crippen LogP contribution < -0.4 is 0 Å². The van der Waals surface area contributed by atoms with Crippen LogP contribution in [0.1, 0.15) is 49.9 Å². The highest BCUT2D eigenvalue weighted by molar-refractivity contribution is 5.97. The Balaban J connectivity index is 1.25. The van der Waals surface area contributed by atoms with Crippen LogP contribution in [0.4, 0.5) is 0 Å². The van der Waals surface area contributed by atoms with E-state index in [1.54, 1.807) is 0 Å². The fourth-order valence-corrected chi connectivity index (χ4v) is 7.32. The lowest BCUT2D eigenvalue weighted by Gasteiger charge is -2.24. The van der Waals surface area contributed by atoms with Crippen LogP contribution in [-0.2, 0) is 10.8 Å². The Labute approximate surface area is 236 Å². The van der Waals surface area contributed by atoms with Gasteiger partial charge in [-0.3, -0.25) is 4.98 Å². The van der Waals surface area contributed by atoms with Crippen LogP contribution in [0, 0.1) is 0 Å². The molecule has 0 N–H and O–H groups in total. The monoisotopic (exact) mass is 513 g/mol. The highest BCUT2D eigenvalue weighted by Gasteiger charge is 2.41. The minimum atomic E-state index is -0.0926. The molecule has 1 nitrogen and oxygen atoms in total. The van der Waals surface area contributed by atoms with Gasteiger partial charge in [-0.1, -0.05) is 107 Å². The summed E-state index contributed by atoms with van der Waals surface area (Å²) < 4.78 is 0. The summed E-state index contributed by atoms with van der Waals surface area (Å²) >= 11 is 0. The van der Waals surface area contributed by atoms with Crippen molar-refractivity contribution in [1.82, 2.24) is 4.98 Å². The van der Waals surface area contributed by atoms with Crippen molar-refractivity contribution in [2.75, 3.05) is 0 Å². The molecule has 0 saturated carbocycles. The Morgan fingerprint density at radius 1 is 0.450 bits per heavy atom. The summed E-state index contributed by atoms with van der Waals surface area (Å²) in [7, 11) is 0. The van der Waals surface area contributed by atoms with Crippen LogP contribution >= 0.6 is 0 Å². The van der Waals surface area contributed by atoms with Gasteiger partial charge in [0, 0.05) is 22.6 Å². The number of hydrogen-bond donors (Lipinski definition) is 0. The molecule has 6 aromatic rings. The molecule has 1 heterocycles. The molecule has 2 aliphatic rings. The van der Waals surface area contributed by atoms with Gasteiger partial charge in [0.05, 0.1) is 5.69 Å². The van der Waals surface area contributed by atoms with Crippen LogP contribution in [0.15, 0.2) is 115 Å². The maximum Gasteiger partial charge on any atom is 0.0708 e. The Kier molecular flexibility index (Phi) is 4.69. The van der Waals surface area contributed by atoms with Gasteiger partial charge in [-0.15, -0.1) is 0 Å². The molecule has 1 heteroatoms. The summed E-state index contributed by atoms with van der Waals surface area (Å²) in [4.78, 5) is 4.83. The first-order valence-electron chi connectivity index (χ1n) is 14.2. The highest BCUT2D eigenvalue weighted by atomic mass is 14.7. The first-order chi connectivity index (χ1) is 19.3. The lowest BCUT2D eigenvalue weighted by Crippen LogP contribution is -2.17. The quantitative estimate of drug-likeness (QED) is 0.224. The lowest BCUT2D eigenvalue weighted by molar-refractivity contribution is 0.652. The second kappa shape index (κ2) is 8.02. The number of benzene rings is 5. The number of nitrogens with zero attached hydrogens (tertiary/aromatic N) is 1. The second-order valence-corrected chi connectivity index (χ2v) is 12.5. The number of pyridine rings is 1. The molecule has 0 radical (unpaired) electrons. The van der Waals surface area contributed by atoms with Gasteiger partial charge in [-0.05, 0) is 96.7 Å². The average molecular weight is 514 g/mol. The van der Waals surface area contributed by atoms with E-state index in [1.165, 1.54) is 72.0 Å². The van der Waals surface area contributed by atoms with Crippen molar-refractivity contribution in [3.63, 3.8) is 0 Å². The topological polar surface area (TPSA) is 12.9 Å². The molecule has 8 rings (SSSR count). The van der Waals surface area contributed by atoms with E-state index in [9.17, 15) is 0 Å². The third kappa shape index (κ3) is 3.12. The smallest absolute Gasteiger partial charge is 0.0708 e. The molecule has 0 amide bonds. The highest BCUT2D eigenvalue weighted by Crippen LogP contribution is 2.56. The molecular formula is C39H31N. The van der Waals surface area contributed by atoms with E-state index in [4.69, 9.17) is 4.98 Å². The minimum absolute atomic E-state index is 0.000235. The molecule has 0 aliphatic heterocycles. The molecule has 0 spiro atoms. The fourth-order valence-electron chi connectivity index (χ4n) is 7.32. The average Bonchev–Trinajstić information content (AvgIpc) is 3.35. The Morgan fingerprint density at radius 2 is 1.07 bits per heavy atom. The molecule has 0 fully saturated rings. The molecule has 0 bridgehead atoms. The standard InChI is InChI=1S/C39H31N/c1-38(2)33-15-8-7-13-29(33)31-22-36-32(23-35(31)38)30-17-16-26(20-34(30)39(36,3)4)37-21-25(18-19-40-37)28-14-9-11-24-10-5-6-12-27(24)28/h5-23H,1-4H3. The maximum atomic E-state index is 4.83. The van der Waals surface area contributed by atoms with Crippen LogP contribution in [-0.4, -0.2) is 4.98 Å². The van der Waals surface area contributed by atoms with Gasteiger partial charge in [0.15, 0.2) is 0 Å². The van der Waals surface area contributed by atoms with E-state index >= 15 is 0 Å². The summed E-state index contributed by atoms with van der Waals surface area (Å²) in [5.74, 6) is 0. The maximum absolute atomic E-state index is 4.83. The van der Waals surface area contributed by atoms with Gasteiger partial charge in [-0.2, -0.15) is 0 Å². The van der Waals surface area contributed by atoms with E-state index in [-0.39, 0.29) is 10.8 Å². The third-order valence-corrected chi connectivity index (χ3v) is 9.53. The second-order valence-electron chi connectivity index (χ2n) is 12.5. The predicted molar refractivity (Wildman–Crippen MR) is 168 cm³/mol. The SMILES string of the molecule is CC1(C)c2ccccc2-c2cc3c(cc21)-c1ccc(-c2cc(-c4cccc5ccccc45)ccn2)cc1C3(C)C. The van der Waals surface area contributed by atoms with Crippen molar-refractivity contribution in [1.29, 1.82) is 0 Å². The van der Waals surface area contributed by atoms with Gasteiger partial charge in [0.2, 0.25) is 0 Å². The molecule has 0 saturated heterocycles. The van der Waals surface area contributed by atoms with Crippen molar-refractivity contribution in [2.45, 2.75) is 38.5 Å². The zero-order valence-corrected chi connectivity index (χ0v) is 23.4. The fraction of sp³-hybridized carbons (Fsp3) is 0.154. The van der Waals surface area contributed by atoms with E-state index < -0.39 is 0 Å². The van der Waals surface area contributed by atoms with Crippen molar-refractivity contribution >= 4 is 10.8 Å². The van der Waals surface area contributed by atoms with Gasteiger partial charge >= 0.3 is 0 Å². The Morgan fingerprint density at radius 3 is 1.90 bits per heavy atom. The van der Waals surface area contributed by atoms with Crippen molar-refractivity contribution < 1.29 is 0 Å². The summed E-state index contributed by atoms with van der Waals surface area (Å²) in [5.41, 5.74) is 15.7. The van der Waals surface area contributed by atoms with Crippen LogP contribution in [0.2, 0.25) is 0 Å². The van der Waals surface area contributed by atoms with E-state index in [0.717, 1.165) is 5.69 Å². The Bertz CT molecular complexity index is 2000. The van der Waals surface area contributed by atoms with Gasteiger partial charge in [0.1, 0.15) is 0 Å². The van der Waals surface area contributed by atoms with Crippen LogP contribution in [0.25, 0.3) is 55.4 Å². The largest absolute Gasteiger partial charge is 0.256 e. The van der Waals surface area contributed by atoms with Gasteiger partial charge in [-0.25, -0.2) is 0 Å². The normalized spacial score (nSPS) is 15.4. The van der Waals surface area contributed by atoms with Crippen LogP contribution in [0.5, 0.6) is 0 Å². The van der Waals surface area contributed by atoms with E-state index in [1.807, 2.05) is 6.20 Å². The molecule has 2 aliphatic carbocycles. The molecule has 1 aromatic heterocycles. The molecule has 0 unspecified atom stereocenters. The zero-order valence-electron chi connectivity index (χ0n) is 23.4. The van der Waals surface area contributed by atoms with Crippen LogP contribution in [0.3, 0.4) is 0 Å². The summed E-state index contributed by atoms with van der Waals surface area (Å²) in [5, 5.41) is 2.53. The number of aromatic nitrogens is 1. The third-order valence-electron chi connectivity index (χ3n) is 9.53. The van der Waals surface area contributed by atoms with Crippen molar-refractivity contribution in [2.24, 2.45) is 0 Å². The Hall–Kier alpha value is -4.49. The molecule has 5 aromatic carbocycles. The molecular weight excluding hydrogens is 482 g/mol. The molecule has 0 atom stereocenters. The first kappa shape index (κ1) is 23.4. The zero-order chi connectivity index (χ0) is 27.2. The van der Waals surface area contributed by atoms with Crippen molar-refractivity contribution in [3.05, 3.63) is 138 Å². The van der Waals surface area contributed by atoms with E-state index in [0.29, 0.717) is 0 Å². The van der Waals surface area contributed by atoms with Gasteiger partial charge < -0.3 is 0 Å². The molecule has 40 heavy (non-hydrogen) atoms.